The first-order chi connectivity index (χ1) is 14.1. The minimum absolute atomic E-state index is 0.150. The number of ether oxygens (including phenoxy) is 1. The number of thiazole rings is 1. The summed E-state index contributed by atoms with van der Waals surface area (Å²) in [6.45, 7) is 0.414. The first-order valence-corrected chi connectivity index (χ1v) is 10.9. The van der Waals surface area contributed by atoms with Gasteiger partial charge in [0.2, 0.25) is 16.8 Å². The molecule has 1 N–H and O–H groups in total. The summed E-state index contributed by atoms with van der Waals surface area (Å²) in [5.41, 5.74) is 1.99. The third-order valence-corrected chi connectivity index (χ3v) is 5.77. The molecule has 0 saturated heterocycles. The lowest BCUT2D eigenvalue weighted by Gasteiger charge is -2.08. The zero-order valence-electron chi connectivity index (χ0n) is 15.1. The molecule has 0 aliphatic heterocycles. The van der Waals surface area contributed by atoms with Crippen molar-refractivity contribution in [3.8, 4) is 17.0 Å². The van der Waals surface area contributed by atoms with Crippen LogP contribution in [-0.4, -0.2) is 27.1 Å². The van der Waals surface area contributed by atoms with E-state index in [1.165, 1.54) is 11.3 Å². The number of amides is 1. The van der Waals surface area contributed by atoms with E-state index in [1.807, 2.05) is 35.7 Å². The van der Waals surface area contributed by atoms with Crippen LogP contribution in [0.15, 0.2) is 58.4 Å². The van der Waals surface area contributed by atoms with Crippen molar-refractivity contribution in [3.05, 3.63) is 63.4 Å². The van der Waals surface area contributed by atoms with Crippen molar-refractivity contribution in [3.63, 3.8) is 0 Å². The number of nitrogens with zero attached hydrogens (tertiary/aromatic N) is 3. The summed E-state index contributed by atoms with van der Waals surface area (Å²) in [5.74, 6) is 0.850. The molecule has 4 rings (SSSR count). The van der Waals surface area contributed by atoms with E-state index in [4.69, 9.17) is 16.3 Å². The molecule has 9 heteroatoms. The zero-order valence-corrected chi connectivity index (χ0v) is 18.3. The van der Waals surface area contributed by atoms with Crippen molar-refractivity contribution >= 4 is 55.7 Å². The lowest BCUT2D eigenvalue weighted by atomic mass is 10.2. The first kappa shape index (κ1) is 19.9. The van der Waals surface area contributed by atoms with Crippen molar-refractivity contribution in [2.24, 2.45) is 0 Å². The summed E-state index contributed by atoms with van der Waals surface area (Å²) in [5, 5.41) is 9.81. The monoisotopic (exact) mass is 490 g/mol. The van der Waals surface area contributed by atoms with Gasteiger partial charge < -0.3 is 4.74 Å². The molecule has 0 aliphatic carbocycles. The van der Waals surface area contributed by atoms with Gasteiger partial charge in [-0.3, -0.25) is 10.1 Å². The van der Waals surface area contributed by atoms with E-state index in [1.54, 1.807) is 22.7 Å². The standard InChI is InChI=1S/C20H16BrClN4O2S/c21-15-11-14(22)8-9-17(15)28-10-4-7-18(27)23-19-24-20-26(25-19)16(12-29-20)13-5-2-1-3-6-13/h1-3,5-6,8-9,11-12H,4,7,10H2,(H,23,25,27). The molecule has 2 aromatic carbocycles. The van der Waals surface area contributed by atoms with Crippen LogP contribution in [0.3, 0.4) is 0 Å². The number of aromatic nitrogens is 3. The number of hydrogen-bond donors (Lipinski definition) is 1. The van der Waals surface area contributed by atoms with E-state index in [2.05, 4.69) is 31.3 Å². The maximum Gasteiger partial charge on any atom is 0.250 e. The Kier molecular flexibility index (Phi) is 6.13. The Bertz CT molecular complexity index is 1150. The molecule has 1 amide bonds. The van der Waals surface area contributed by atoms with E-state index in [9.17, 15) is 4.79 Å². The quantitative estimate of drug-likeness (QED) is 0.338. The molecule has 0 aliphatic rings. The molecule has 0 saturated carbocycles. The van der Waals surface area contributed by atoms with Crippen LogP contribution in [-0.2, 0) is 4.79 Å². The largest absolute Gasteiger partial charge is 0.492 e. The van der Waals surface area contributed by atoms with E-state index in [-0.39, 0.29) is 5.91 Å². The lowest BCUT2D eigenvalue weighted by Crippen LogP contribution is -2.14. The topological polar surface area (TPSA) is 68.5 Å². The molecule has 2 aromatic heterocycles. The summed E-state index contributed by atoms with van der Waals surface area (Å²) in [4.78, 5) is 17.3. The van der Waals surface area contributed by atoms with E-state index in [0.29, 0.717) is 36.2 Å². The normalized spacial score (nSPS) is 11.0. The maximum absolute atomic E-state index is 12.2. The van der Waals surface area contributed by atoms with Crippen molar-refractivity contribution in [2.75, 3.05) is 11.9 Å². The van der Waals surface area contributed by atoms with Crippen LogP contribution in [0, 0.1) is 0 Å². The number of anilines is 1. The molecule has 6 nitrogen and oxygen atoms in total. The second kappa shape index (κ2) is 8.94. The molecule has 0 fully saturated rings. The van der Waals surface area contributed by atoms with Crippen LogP contribution in [0.1, 0.15) is 12.8 Å². The Labute approximate surface area is 184 Å². The minimum atomic E-state index is -0.150. The number of rotatable bonds is 7. The zero-order chi connectivity index (χ0) is 20.2. The van der Waals surface area contributed by atoms with Gasteiger partial charge in [0, 0.05) is 22.4 Å². The Morgan fingerprint density at radius 3 is 2.86 bits per heavy atom. The van der Waals surface area contributed by atoms with Crippen molar-refractivity contribution in [2.45, 2.75) is 12.8 Å². The first-order valence-electron chi connectivity index (χ1n) is 8.87. The van der Waals surface area contributed by atoms with Crippen molar-refractivity contribution < 1.29 is 9.53 Å². The van der Waals surface area contributed by atoms with Crippen LogP contribution >= 0.6 is 38.9 Å². The predicted molar refractivity (Wildman–Crippen MR) is 119 cm³/mol. The fourth-order valence-electron chi connectivity index (χ4n) is 2.74. The summed E-state index contributed by atoms with van der Waals surface area (Å²) in [6.07, 6.45) is 0.877. The van der Waals surface area contributed by atoms with Crippen LogP contribution in [0.4, 0.5) is 5.95 Å². The van der Waals surface area contributed by atoms with Gasteiger partial charge in [-0.2, -0.15) is 4.98 Å². The van der Waals surface area contributed by atoms with Gasteiger partial charge in [0.25, 0.3) is 0 Å². The Hall–Kier alpha value is -2.42. The second-order valence-corrected chi connectivity index (χ2v) is 8.32. The van der Waals surface area contributed by atoms with E-state index >= 15 is 0 Å². The molecule has 29 heavy (non-hydrogen) atoms. The number of nitrogens with one attached hydrogen (secondary N) is 1. The summed E-state index contributed by atoms with van der Waals surface area (Å²) < 4.78 is 8.20. The fourth-order valence-corrected chi connectivity index (χ4v) is 4.36. The summed E-state index contributed by atoms with van der Waals surface area (Å²) >= 11 is 10.8. The third-order valence-electron chi connectivity index (χ3n) is 4.10. The van der Waals surface area contributed by atoms with Crippen molar-refractivity contribution in [1.29, 1.82) is 0 Å². The predicted octanol–water partition coefficient (Wildman–Crippen LogP) is 5.67. The van der Waals surface area contributed by atoms with E-state index < -0.39 is 0 Å². The molecule has 0 atom stereocenters. The molecular weight excluding hydrogens is 476 g/mol. The van der Waals surface area contributed by atoms with Crippen LogP contribution in [0.2, 0.25) is 5.02 Å². The number of carbonyl (C=O) groups excluding carboxylic acids is 1. The average Bonchev–Trinajstić information content (AvgIpc) is 3.27. The second-order valence-electron chi connectivity index (χ2n) is 6.19. The van der Waals surface area contributed by atoms with Gasteiger partial charge in [-0.15, -0.1) is 16.4 Å². The number of carbonyl (C=O) groups is 1. The summed E-state index contributed by atoms with van der Waals surface area (Å²) in [7, 11) is 0. The highest BCUT2D eigenvalue weighted by molar-refractivity contribution is 9.10. The number of hydrogen-bond acceptors (Lipinski definition) is 5. The van der Waals surface area contributed by atoms with Gasteiger partial charge in [0.1, 0.15) is 5.75 Å². The van der Waals surface area contributed by atoms with Gasteiger partial charge in [-0.25, -0.2) is 4.52 Å². The van der Waals surface area contributed by atoms with Gasteiger partial charge in [-0.1, -0.05) is 41.9 Å². The van der Waals surface area contributed by atoms with Crippen LogP contribution in [0.25, 0.3) is 16.2 Å². The van der Waals surface area contributed by atoms with E-state index in [0.717, 1.165) is 20.7 Å². The SMILES string of the molecule is O=C(CCCOc1ccc(Cl)cc1Br)Nc1nc2scc(-c3ccccc3)n2n1. The molecule has 0 unspecified atom stereocenters. The van der Waals surface area contributed by atoms with Crippen LogP contribution in [0.5, 0.6) is 5.75 Å². The highest BCUT2D eigenvalue weighted by atomic mass is 79.9. The maximum atomic E-state index is 12.2. The van der Waals surface area contributed by atoms with Gasteiger partial charge in [0.15, 0.2) is 0 Å². The Balaban J connectivity index is 1.32. The lowest BCUT2D eigenvalue weighted by molar-refractivity contribution is -0.116. The molecule has 2 heterocycles. The molecule has 148 valence electrons. The number of halogens is 2. The molecular formula is C20H16BrClN4O2S. The third kappa shape index (κ3) is 4.77. The summed E-state index contributed by atoms with van der Waals surface area (Å²) in [6, 6.07) is 15.3. The Morgan fingerprint density at radius 1 is 1.24 bits per heavy atom. The fraction of sp³-hybridized carbons (Fsp3) is 0.150. The van der Waals surface area contributed by atoms with Gasteiger partial charge in [-0.05, 0) is 40.5 Å². The Morgan fingerprint density at radius 2 is 2.07 bits per heavy atom. The number of fused-ring (bicyclic) bond motifs is 1. The van der Waals surface area contributed by atoms with Crippen LogP contribution < -0.4 is 10.1 Å². The smallest absolute Gasteiger partial charge is 0.250 e. The van der Waals surface area contributed by atoms with Gasteiger partial charge in [0.05, 0.1) is 16.8 Å². The average molecular weight is 492 g/mol. The highest BCUT2D eigenvalue weighted by Gasteiger charge is 2.13. The minimum Gasteiger partial charge on any atom is -0.492 e. The molecule has 0 bridgehead atoms. The molecule has 0 spiro atoms. The molecule has 4 aromatic rings. The van der Waals surface area contributed by atoms with Crippen molar-refractivity contribution in [1.82, 2.24) is 14.6 Å². The number of benzene rings is 2. The van der Waals surface area contributed by atoms with Gasteiger partial charge >= 0.3 is 0 Å². The molecule has 0 radical (unpaired) electrons. The highest BCUT2D eigenvalue weighted by Crippen LogP contribution is 2.28.